The predicted molar refractivity (Wildman–Crippen MR) is 120 cm³/mol. The van der Waals surface area contributed by atoms with E-state index < -0.39 is 6.04 Å². The molecule has 0 aliphatic rings. The molecule has 0 saturated heterocycles. The molecule has 1 atom stereocenters. The van der Waals surface area contributed by atoms with Gasteiger partial charge in [-0.2, -0.15) is 5.10 Å². The smallest absolute Gasteiger partial charge is 0.262 e. The summed E-state index contributed by atoms with van der Waals surface area (Å²) in [4.78, 5) is 25.0. The van der Waals surface area contributed by atoms with Gasteiger partial charge in [-0.3, -0.25) is 9.59 Å². The average Bonchev–Trinajstić information content (AvgIpc) is 2.73. The molecule has 1 unspecified atom stereocenters. The zero-order valence-corrected chi connectivity index (χ0v) is 18.1. The van der Waals surface area contributed by atoms with Gasteiger partial charge in [0, 0.05) is 5.56 Å². The lowest BCUT2D eigenvalue weighted by Gasteiger charge is -2.20. The maximum Gasteiger partial charge on any atom is 0.262 e. The normalized spacial score (nSPS) is 12.0. The van der Waals surface area contributed by atoms with E-state index in [0.717, 1.165) is 29.7 Å². The number of carbonyl (C=O) groups excluding carboxylic acids is 2. The second-order valence-electron chi connectivity index (χ2n) is 7.57. The molecule has 0 heterocycles. The summed E-state index contributed by atoms with van der Waals surface area (Å²) in [6, 6.07) is 14.0. The summed E-state index contributed by atoms with van der Waals surface area (Å²) in [6.45, 7) is 8.53. The fraction of sp³-hybridized carbons (Fsp3) is 0.375. The van der Waals surface area contributed by atoms with Crippen LogP contribution >= 0.6 is 0 Å². The Kier molecular flexibility index (Phi) is 9.06. The third kappa shape index (κ3) is 7.35. The minimum Gasteiger partial charge on any atom is -0.494 e. The minimum absolute atomic E-state index is 0.0887. The van der Waals surface area contributed by atoms with E-state index in [9.17, 15) is 9.59 Å². The van der Waals surface area contributed by atoms with Gasteiger partial charge < -0.3 is 10.1 Å². The summed E-state index contributed by atoms with van der Waals surface area (Å²) in [5, 5.41) is 6.82. The van der Waals surface area contributed by atoms with Crippen molar-refractivity contribution in [2.45, 2.75) is 46.6 Å². The van der Waals surface area contributed by atoms with Gasteiger partial charge in [0.05, 0.1) is 12.8 Å². The first-order chi connectivity index (χ1) is 14.4. The SMILES string of the molecule is CCCCOc1ccc(/C=N/NC(=O)C(NC(=O)c2ccc(C)cc2)C(C)C)cc1. The Morgan fingerprint density at radius 2 is 1.73 bits per heavy atom. The van der Waals surface area contributed by atoms with E-state index in [1.54, 1.807) is 18.3 Å². The maximum atomic E-state index is 12.5. The lowest BCUT2D eigenvalue weighted by atomic mass is 10.0. The fourth-order valence-corrected chi connectivity index (χ4v) is 2.69. The van der Waals surface area contributed by atoms with Crippen LogP contribution in [0.5, 0.6) is 5.75 Å². The van der Waals surface area contributed by atoms with Gasteiger partial charge in [-0.15, -0.1) is 0 Å². The van der Waals surface area contributed by atoms with Gasteiger partial charge >= 0.3 is 0 Å². The zero-order chi connectivity index (χ0) is 21.9. The Hall–Kier alpha value is -3.15. The summed E-state index contributed by atoms with van der Waals surface area (Å²) in [6.07, 6.45) is 3.67. The number of benzene rings is 2. The molecule has 0 fully saturated rings. The third-order valence-corrected chi connectivity index (χ3v) is 4.58. The van der Waals surface area contributed by atoms with Crippen LogP contribution in [-0.4, -0.2) is 30.7 Å². The van der Waals surface area contributed by atoms with Crippen LogP contribution in [-0.2, 0) is 4.79 Å². The number of unbranched alkanes of at least 4 members (excludes halogenated alkanes) is 1. The second kappa shape index (κ2) is 11.8. The number of carbonyl (C=O) groups is 2. The Labute approximate surface area is 178 Å². The quantitative estimate of drug-likeness (QED) is 0.353. The number of hydrogen-bond acceptors (Lipinski definition) is 4. The molecule has 0 aromatic heterocycles. The Morgan fingerprint density at radius 1 is 1.07 bits per heavy atom. The van der Waals surface area contributed by atoms with Gasteiger partial charge in [-0.1, -0.05) is 44.9 Å². The Morgan fingerprint density at radius 3 is 2.33 bits per heavy atom. The summed E-state index contributed by atoms with van der Waals surface area (Å²) >= 11 is 0. The molecule has 30 heavy (non-hydrogen) atoms. The molecular formula is C24H31N3O3. The van der Waals surface area contributed by atoms with E-state index in [4.69, 9.17) is 4.74 Å². The third-order valence-electron chi connectivity index (χ3n) is 4.58. The number of rotatable bonds is 10. The first-order valence-electron chi connectivity index (χ1n) is 10.3. The van der Waals surface area contributed by atoms with Crippen LogP contribution in [0.4, 0.5) is 0 Å². The molecule has 0 aliphatic heterocycles. The average molecular weight is 410 g/mol. The van der Waals surface area contributed by atoms with Gasteiger partial charge in [0.25, 0.3) is 11.8 Å². The summed E-state index contributed by atoms with van der Waals surface area (Å²) in [5.74, 6) is 0.0743. The molecule has 2 aromatic rings. The van der Waals surface area contributed by atoms with E-state index in [0.29, 0.717) is 12.2 Å². The van der Waals surface area contributed by atoms with Crippen molar-refractivity contribution in [2.24, 2.45) is 11.0 Å². The van der Waals surface area contributed by atoms with Crippen LogP contribution in [0, 0.1) is 12.8 Å². The molecular weight excluding hydrogens is 378 g/mol. The molecule has 0 radical (unpaired) electrons. The molecule has 0 aliphatic carbocycles. The first-order valence-corrected chi connectivity index (χ1v) is 10.3. The lowest BCUT2D eigenvalue weighted by molar-refractivity contribution is -0.123. The largest absolute Gasteiger partial charge is 0.494 e. The monoisotopic (exact) mass is 409 g/mol. The van der Waals surface area contributed by atoms with Crippen LogP contribution in [0.25, 0.3) is 0 Å². The van der Waals surface area contributed by atoms with Crippen molar-refractivity contribution in [2.75, 3.05) is 6.61 Å². The molecule has 0 spiro atoms. The molecule has 6 nitrogen and oxygen atoms in total. The van der Waals surface area contributed by atoms with Gasteiger partial charge in [0.1, 0.15) is 11.8 Å². The van der Waals surface area contributed by atoms with Gasteiger partial charge in [0.2, 0.25) is 0 Å². The van der Waals surface area contributed by atoms with Crippen molar-refractivity contribution >= 4 is 18.0 Å². The highest BCUT2D eigenvalue weighted by Gasteiger charge is 2.24. The molecule has 2 rings (SSSR count). The van der Waals surface area contributed by atoms with Crippen LogP contribution < -0.4 is 15.5 Å². The number of hydrogen-bond donors (Lipinski definition) is 2. The number of amides is 2. The Bertz CT molecular complexity index is 843. The van der Waals surface area contributed by atoms with Crippen molar-refractivity contribution in [1.82, 2.24) is 10.7 Å². The molecule has 0 bridgehead atoms. The predicted octanol–water partition coefficient (Wildman–Crippen LogP) is 4.08. The maximum absolute atomic E-state index is 12.5. The standard InChI is InChI=1S/C24H31N3O3/c1-5-6-15-30-21-13-9-19(10-14-21)16-25-27-24(29)22(17(2)3)26-23(28)20-11-7-18(4)8-12-20/h7-14,16-17,22H,5-6,15H2,1-4H3,(H,26,28)(H,27,29)/b25-16+. The van der Waals surface area contributed by atoms with Crippen molar-refractivity contribution in [3.63, 3.8) is 0 Å². The van der Waals surface area contributed by atoms with Crippen molar-refractivity contribution < 1.29 is 14.3 Å². The minimum atomic E-state index is -0.690. The molecule has 2 amide bonds. The number of aryl methyl sites for hydroxylation is 1. The molecule has 6 heteroatoms. The zero-order valence-electron chi connectivity index (χ0n) is 18.1. The van der Waals surface area contributed by atoms with E-state index in [2.05, 4.69) is 22.8 Å². The highest BCUT2D eigenvalue weighted by Crippen LogP contribution is 2.12. The molecule has 2 aromatic carbocycles. The van der Waals surface area contributed by atoms with Crippen LogP contribution in [0.1, 0.15) is 55.1 Å². The van der Waals surface area contributed by atoms with Crippen molar-refractivity contribution in [3.05, 3.63) is 65.2 Å². The van der Waals surface area contributed by atoms with Crippen molar-refractivity contribution in [1.29, 1.82) is 0 Å². The highest BCUT2D eigenvalue weighted by molar-refractivity contribution is 5.97. The van der Waals surface area contributed by atoms with Crippen LogP contribution in [0.3, 0.4) is 0 Å². The van der Waals surface area contributed by atoms with Crippen LogP contribution in [0.2, 0.25) is 0 Å². The highest BCUT2D eigenvalue weighted by atomic mass is 16.5. The van der Waals surface area contributed by atoms with E-state index in [1.807, 2.05) is 57.2 Å². The second-order valence-corrected chi connectivity index (χ2v) is 7.57. The molecule has 0 saturated carbocycles. The van der Waals surface area contributed by atoms with Crippen molar-refractivity contribution in [3.8, 4) is 5.75 Å². The van der Waals surface area contributed by atoms with E-state index >= 15 is 0 Å². The lowest BCUT2D eigenvalue weighted by Crippen LogP contribution is -2.48. The number of nitrogens with zero attached hydrogens (tertiary/aromatic N) is 1. The fourth-order valence-electron chi connectivity index (χ4n) is 2.69. The summed E-state index contributed by atoms with van der Waals surface area (Å²) in [5.41, 5.74) is 4.94. The van der Waals surface area contributed by atoms with E-state index in [-0.39, 0.29) is 17.7 Å². The molecule has 2 N–H and O–H groups in total. The van der Waals surface area contributed by atoms with Gasteiger partial charge in [-0.25, -0.2) is 5.43 Å². The van der Waals surface area contributed by atoms with Gasteiger partial charge in [0.15, 0.2) is 0 Å². The number of hydrazone groups is 1. The van der Waals surface area contributed by atoms with Gasteiger partial charge in [-0.05, 0) is 61.2 Å². The first kappa shape index (κ1) is 23.1. The molecule has 160 valence electrons. The number of ether oxygens (including phenoxy) is 1. The Balaban J connectivity index is 1.91. The summed E-state index contributed by atoms with van der Waals surface area (Å²) < 4.78 is 5.63. The van der Waals surface area contributed by atoms with E-state index in [1.165, 1.54) is 0 Å². The number of nitrogens with one attached hydrogen (secondary N) is 2. The van der Waals surface area contributed by atoms with Crippen LogP contribution in [0.15, 0.2) is 53.6 Å². The summed E-state index contributed by atoms with van der Waals surface area (Å²) in [7, 11) is 0. The topological polar surface area (TPSA) is 79.8 Å².